The highest BCUT2D eigenvalue weighted by Gasteiger charge is 2.75. The largest absolute Gasteiger partial charge is 0.460 e. The summed E-state index contributed by atoms with van der Waals surface area (Å²) in [5, 5.41) is 9.03. The van der Waals surface area contributed by atoms with E-state index in [0.717, 1.165) is 6.92 Å². The summed E-state index contributed by atoms with van der Waals surface area (Å²) < 4.78 is 105. The first kappa shape index (κ1) is 20.6. The third-order valence-electron chi connectivity index (χ3n) is 2.40. The van der Waals surface area contributed by atoms with Crippen molar-refractivity contribution in [2.45, 2.75) is 43.6 Å². The topological polar surface area (TPSA) is 46.5 Å². The lowest BCUT2D eigenvalue weighted by molar-refractivity contribution is -0.342. The molecule has 0 bridgehead atoms. The molecule has 1 unspecified atom stereocenters. The van der Waals surface area contributed by atoms with Crippen LogP contribution in [0.4, 0.5) is 35.1 Å². The van der Waals surface area contributed by atoms with Gasteiger partial charge in [0.05, 0.1) is 6.10 Å². The van der Waals surface area contributed by atoms with Crippen LogP contribution >= 0.6 is 0 Å². The Morgan fingerprint density at radius 1 is 1.18 bits per heavy atom. The first-order valence-corrected chi connectivity index (χ1v) is 5.59. The molecule has 130 valence electrons. The zero-order chi connectivity index (χ0) is 17.9. The van der Waals surface area contributed by atoms with Crippen molar-refractivity contribution in [2.24, 2.45) is 0 Å². The number of halogens is 8. The average Bonchev–Trinajstić information content (AvgIpc) is 2.34. The minimum Gasteiger partial charge on any atom is -0.460 e. The molecule has 3 nitrogen and oxygen atoms in total. The maximum Gasteiger partial charge on any atom is 0.377 e. The third kappa shape index (κ3) is 4.31. The third-order valence-corrected chi connectivity index (χ3v) is 2.40. The molecule has 0 spiro atoms. The molecule has 1 atom stereocenters. The second-order valence-corrected chi connectivity index (χ2v) is 4.44. The van der Waals surface area contributed by atoms with Gasteiger partial charge in [0, 0.05) is 12.0 Å². The van der Waals surface area contributed by atoms with E-state index in [0.29, 0.717) is 0 Å². The van der Waals surface area contributed by atoms with Crippen LogP contribution in [-0.2, 0) is 9.53 Å². The van der Waals surface area contributed by atoms with Gasteiger partial charge in [-0.05, 0) is 6.92 Å². The zero-order valence-corrected chi connectivity index (χ0v) is 11.1. The minimum atomic E-state index is -6.41. The average molecular weight is 344 g/mol. The van der Waals surface area contributed by atoms with E-state index < -0.39 is 49.3 Å². The normalized spacial score (nSPS) is 14.9. The lowest BCUT2D eigenvalue weighted by atomic mass is 9.99. The van der Waals surface area contributed by atoms with E-state index in [4.69, 9.17) is 5.11 Å². The van der Waals surface area contributed by atoms with E-state index in [1.807, 2.05) is 0 Å². The Morgan fingerprint density at radius 2 is 1.64 bits per heavy atom. The van der Waals surface area contributed by atoms with Crippen molar-refractivity contribution in [1.82, 2.24) is 0 Å². The maximum absolute atomic E-state index is 13.1. The molecule has 11 heteroatoms. The van der Waals surface area contributed by atoms with Crippen molar-refractivity contribution in [2.75, 3.05) is 6.61 Å². The van der Waals surface area contributed by atoms with Crippen LogP contribution in [0.1, 0.15) is 13.3 Å². The van der Waals surface area contributed by atoms with E-state index in [1.165, 1.54) is 0 Å². The predicted molar refractivity (Wildman–Crippen MR) is 57.2 cm³/mol. The summed E-state index contributed by atoms with van der Waals surface area (Å²) in [4.78, 5) is 10.9. The standard InChI is InChI=1S/C11H12F8O3/c1-5(2)7(21)22-4-6(20)3-9(14,15)11(18,19)10(16,17)8(12)13/h6,8,20H,1,3-4H2,2H3. The van der Waals surface area contributed by atoms with Gasteiger partial charge >= 0.3 is 30.2 Å². The van der Waals surface area contributed by atoms with Gasteiger partial charge < -0.3 is 9.84 Å². The van der Waals surface area contributed by atoms with Crippen LogP contribution in [0.2, 0.25) is 0 Å². The quantitative estimate of drug-likeness (QED) is 0.418. The molecule has 0 aromatic rings. The van der Waals surface area contributed by atoms with Crippen molar-refractivity contribution >= 4 is 5.97 Å². The molecule has 22 heavy (non-hydrogen) atoms. The summed E-state index contributed by atoms with van der Waals surface area (Å²) in [6.07, 6.45) is -9.82. The second-order valence-electron chi connectivity index (χ2n) is 4.44. The minimum absolute atomic E-state index is 0.200. The number of hydrogen-bond acceptors (Lipinski definition) is 3. The van der Waals surface area contributed by atoms with Crippen molar-refractivity contribution in [3.8, 4) is 0 Å². The first-order chi connectivity index (χ1) is 9.66. The van der Waals surface area contributed by atoms with Crippen LogP contribution in [0.25, 0.3) is 0 Å². The number of esters is 1. The molecule has 0 rings (SSSR count). The van der Waals surface area contributed by atoms with Gasteiger partial charge in [-0.2, -0.15) is 26.3 Å². The Kier molecular flexibility index (Phi) is 6.37. The van der Waals surface area contributed by atoms with Crippen molar-refractivity contribution < 1.29 is 49.8 Å². The molecule has 0 aliphatic rings. The molecule has 0 fully saturated rings. The smallest absolute Gasteiger partial charge is 0.377 e. The Bertz CT molecular complexity index is 422. The molecule has 0 saturated heterocycles. The van der Waals surface area contributed by atoms with Crippen LogP contribution in [-0.4, -0.2) is 48.0 Å². The lowest BCUT2D eigenvalue weighted by Crippen LogP contribution is -2.58. The predicted octanol–water partition coefficient (Wildman–Crippen LogP) is 3.03. The molecule has 0 aliphatic heterocycles. The van der Waals surface area contributed by atoms with E-state index in [-0.39, 0.29) is 5.57 Å². The molecule has 0 aromatic heterocycles. The summed E-state index contributed by atoms with van der Waals surface area (Å²) in [7, 11) is 0. The fourth-order valence-corrected chi connectivity index (χ4v) is 1.16. The number of alkyl halides is 8. The number of ether oxygens (including phenoxy) is 1. The highest BCUT2D eigenvalue weighted by atomic mass is 19.4. The van der Waals surface area contributed by atoms with Crippen LogP contribution < -0.4 is 0 Å². The van der Waals surface area contributed by atoms with Crippen molar-refractivity contribution in [3.63, 3.8) is 0 Å². The lowest BCUT2D eigenvalue weighted by Gasteiger charge is -2.33. The van der Waals surface area contributed by atoms with E-state index >= 15 is 0 Å². The van der Waals surface area contributed by atoms with Crippen LogP contribution in [0.5, 0.6) is 0 Å². The van der Waals surface area contributed by atoms with Gasteiger partial charge in [-0.15, -0.1) is 0 Å². The molecule has 0 heterocycles. The van der Waals surface area contributed by atoms with Crippen molar-refractivity contribution in [3.05, 3.63) is 12.2 Å². The van der Waals surface area contributed by atoms with Gasteiger partial charge in [0.15, 0.2) is 0 Å². The summed E-state index contributed by atoms with van der Waals surface area (Å²) in [6.45, 7) is 3.02. The van der Waals surface area contributed by atoms with E-state index in [9.17, 15) is 39.9 Å². The van der Waals surface area contributed by atoms with Gasteiger partial charge in [0.1, 0.15) is 6.61 Å². The van der Waals surface area contributed by atoms with E-state index in [2.05, 4.69) is 11.3 Å². The number of carbonyl (C=O) groups excluding carboxylic acids is 1. The SMILES string of the molecule is C=C(C)C(=O)OCC(O)CC(F)(F)C(F)(F)C(F)(F)C(F)F. The Morgan fingerprint density at radius 3 is 2.00 bits per heavy atom. The van der Waals surface area contributed by atoms with Crippen LogP contribution in [0, 0.1) is 0 Å². The number of rotatable bonds is 8. The Labute approximate surface area is 119 Å². The van der Waals surface area contributed by atoms with Crippen LogP contribution in [0.15, 0.2) is 12.2 Å². The Hall–Kier alpha value is -1.39. The summed E-state index contributed by atoms with van der Waals surface area (Å²) in [5.41, 5.74) is -0.200. The van der Waals surface area contributed by atoms with Crippen molar-refractivity contribution in [1.29, 1.82) is 0 Å². The van der Waals surface area contributed by atoms with Gasteiger partial charge in [0.2, 0.25) is 0 Å². The molecule has 0 saturated carbocycles. The summed E-state index contributed by atoms with van der Waals surface area (Å²) in [6, 6.07) is 0. The van der Waals surface area contributed by atoms with Gasteiger partial charge in [0.25, 0.3) is 0 Å². The fraction of sp³-hybridized carbons (Fsp3) is 0.727. The number of aliphatic hydroxyl groups excluding tert-OH is 1. The number of carbonyl (C=O) groups is 1. The second kappa shape index (κ2) is 6.80. The molecule has 0 radical (unpaired) electrons. The molecule has 1 N–H and O–H groups in total. The zero-order valence-electron chi connectivity index (χ0n) is 11.1. The molecular weight excluding hydrogens is 332 g/mol. The number of hydrogen-bond donors (Lipinski definition) is 1. The monoisotopic (exact) mass is 344 g/mol. The molecule has 0 amide bonds. The summed E-state index contributed by atoms with van der Waals surface area (Å²) in [5.74, 6) is -19.5. The van der Waals surface area contributed by atoms with Gasteiger partial charge in [-0.3, -0.25) is 0 Å². The highest BCUT2D eigenvalue weighted by Crippen LogP contribution is 2.50. The molecular formula is C11H12F8O3. The molecule has 0 aliphatic carbocycles. The fourth-order valence-electron chi connectivity index (χ4n) is 1.16. The van der Waals surface area contributed by atoms with Crippen LogP contribution in [0.3, 0.4) is 0 Å². The van der Waals surface area contributed by atoms with Gasteiger partial charge in [-0.1, -0.05) is 6.58 Å². The highest BCUT2D eigenvalue weighted by molar-refractivity contribution is 5.86. The first-order valence-electron chi connectivity index (χ1n) is 5.59. The molecule has 0 aromatic carbocycles. The summed E-state index contributed by atoms with van der Waals surface area (Å²) >= 11 is 0. The van der Waals surface area contributed by atoms with E-state index in [1.54, 1.807) is 0 Å². The maximum atomic E-state index is 13.1. The Balaban J connectivity index is 4.94. The van der Waals surface area contributed by atoms with Gasteiger partial charge in [-0.25, -0.2) is 13.6 Å². The number of aliphatic hydroxyl groups is 1.